The molecular formula is C13H18BrClN2. The molecule has 4 heteroatoms. The van der Waals surface area contributed by atoms with Crippen LogP contribution in [0, 0.1) is 0 Å². The first-order valence-electron chi connectivity index (χ1n) is 6.02. The first-order chi connectivity index (χ1) is 8.19. The summed E-state index contributed by atoms with van der Waals surface area (Å²) in [4.78, 5) is 2.47. The van der Waals surface area contributed by atoms with Gasteiger partial charge in [0.1, 0.15) is 0 Å². The van der Waals surface area contributed by atoms with Crippen molar-refractivity contribution in [3.8, 4) is 0 Å². The van der Waals surface area contributed by atoms with Crippen molar-refractivity contribution in [2.24, 2.45) is 0 Å². The van der Waals surface area contributed by atoms with Crippen molar-refractivity contribution in [3.63, 3.8) is 0 Å². The van der Waals surface area contributed by atoms with Crippen LogP contribution in [0.4, 0.5) is 0 Å². The van der Waals surface area contributed by atoms with Crippen molar-refractivity contribution in [2.75, 3.05) is 20.1 Å². The van der Waals surface area contributed by atoms with Crippen LogP contribution in [0.25, 0.3) is 0 Å². The molecule has 1 heterocycles. The van der Waals surface area contributed by atoms with Crippen LogP contribution in [0.5, 0.6) is 0 Å². The number of likely N-dealkylation sites (tertiary alicyclic amines) is 1. The number of piperidine rings is 1. The minimum Gasteiger partial charge on any atom is -0.316 e. The van der Waals surface area contributed by atoms with Gasteiger partial charge in [0.2, 0.25) is 0 Å². The lowest BCUT2D eigenvalue weighted by atomic mass is 10.1. The quantitative estimate of drug-likeness (QED) is 0.920. The molecule has 17 heavy (non-hydrogen) atoms. The Morgan fingerprint density at radius 1 is 1.53 bits per heavy atom. The second-order valence-electron chi connectivity index (χ2n) is 4.60. The summed E-state index contributed by atoms with van der Waals surface area (Å²) in [6.07, 6.45) is 2.54. The topological polar surface area (TPSA) is 15.3 Å². The van der Waals surface area contributed by atoms with Gasteiger partial charge in [0, 0.05) is 28.6 Å². The Morgan fingerprint density at radius 3 is 3.06 bits per heavy atom. The Labute approximate surface area is 116 Å². The van der Waals surface area contributed by atoms with Crippen LogP contribution in [-0.4, -0.2) is 31.1 Å². The maximum Gasteiger partial charge on any atom is 0.0462 e. The van der Waals surface area contributed by atoms with Crippen molar-refractivity contribution < 1.29 is 0 Å². The van der Waals surface area contributed by atoms with Gasteiger partial charge in [-0.1, -0.05) is 33.6 Å². The maximum absolute atomic E-state index is 6.25. The highest BCUT2D eigenvalue weighted by Gasteiger charge is 2.18. The molecule has 1 aliphatic rings. The Hall–Kier alpha value is -0.0900. The van der Waals surface area contributed by atoms with E-state index >= 15 is 0 Å². The zero-order valence-electron chi connectivity index (χ0n) is 10.0. The van der Waals surface area contributed by atoms with Gasteiger partial charge in [0.05, 0.1) is 0 Å². The van der Waals surface area contributed by atoms with Crippen LogP contribution in [0.1, 0.15) is 18.4 Å². The van der Waals surface area contributed by atoms with E-state index < -0.39 is 0 Å². The number of rotatable bonds is 3. The van der Waals surface area contributed by atoms with Gasteiger partial charge in [-0.05, 0) is 44.1 Å². The molecule has 1 atom stereocenters. The summed E-state index contributed by atoms with van der Waals surface area (Å²) in [6.45, 7) is 3.23. The van der Waals surface area contributed by atoms with Crippen molar-refractivity contribution >= 4 is 27.5 Å². The van der Waals surface area contributed by atoms with E-state index in [4.69, 9.17) is 11.6 Å². The van der Waals surface area contributed by atoms with Gasteiger partial charge in [-0.3, -0.25) is 4.90 Å². The molecule has 0 aromatic heterocycles. The van der Waals surface area contributed by atoms with Crippen molar-refractivity contribution in [1.82, 2.24) is 10.2 Å². The largest absolute Gasteiger partial charge is 0.316 e. The zero-order valence-corrected chi connectivity index (χ0v) is 12.4. The summed E-state index contributed by atoms with van der Waals surface area (Å²) in [6, 6.07) is 6.75. The summed E-state index contributed by atoms with van der Waals surface area (Å²) >= 11 is 9.68. The Balaban J connectivity index is 2.00. The normalized spacial score (nSPS) is 21.7. The molecule has 0 aliphatic carbocycles. The average Bonchev–Trinajstić information content (AvgIpc) is 2.33. The second-order valence-corrected chi connectivity index (χ2v) is 5.92. The fraction of sp³-hybridized carbons (Fsp3) is 0.538. The molecule has 1 aromatic rings. The fourth-order valence-corrected chi connectivity index (χ4v) is 3.06. The molecule has 1 aromatic carbocycles. The van der Waals surface area contributed by atoms with Gasteiger partial charge >= 0.3 is 0 Å². The molecule has 0 radical (unpaired) electrons. The van der Waals surface area contributed by atoms with Crippen LogP contribution >= 0.6 is 27.5 Å². The van der Waals surface area contributed by atoms with Gasteiger partial charge in [-0.15, -0.1) is 0 Å². The third-order valence-electron chi connectivity index (χ3n) is 3.32. The SMILES string of the molecule is CNC1CCCN(Cc2ccc(Br)cc2Cl)C1. The highest BCUT2D eigenvalue weighted by atomic mass is 79.9. The number of hydrogen-bond donors (Lipinski definition) is 1. The van der Waals surface area contributed by atoms with Crippen molar-refractivity contribution in [3.05, 3.63) is 33.3 Å². The minimum atomic E-state index is 0.623. The molecule has 0 saturated carbocycles. The molecule has 2 nitrogen and oxygen atoms in total. The Bertz CT molecular complexity index is 384. The van der Waals surface area contributed by atoms with E-state index in [2.05, 4.69) is 38.3 Å². The number of benzene rings is 1. The average molecular weight is 318 g/mol. The van der Waals surface area contributed by atoms with Gasteiger partial charge in [-0.25, -0.2) is 0 Å². The number of halogens is 2. The molecule has 94 valence electrons. The zero-order chi connectivity index (χ0) is 12.3. The summed E-state index contributed by atoms with van der Waals surface area (Å²) in [5.41, 5.74) is 1.21. The third kappa shape index (κ3) is 3.68. The first kappa shape index (κ1) is 13.3. The van der Waals surface area contributed by atoms with E-state index in [0.717, 1.165) is 22.6 Å². The Morgan fingerprint density at radius 2 is 2.35 bits per heavy atom. The van der Waals surface area contributed by atoms with Gasteiger partial charge in [0.25, 0.3) is 0 Å². The van der Waals surface area contributed by atoms with Crippen LogP contribution in [-0.2, 0) is 6.54 Å². The molecule has 0 amide bonds. The lowest BCUT2D eigenvalue weighted by Gasteiger charge is -2.32. The van der Waals surface area contributed by atoms with Crippen molar-refractivity contribution in [1.29, 1.82) is 0 Å². The number of nitrogens with one attached hydrogen (secondary N) is 1. The molecule has 1 unspecified atom stereocenters. The number of nitrogens with zero attached hydrogens (tertiary/aromatic N) is 1. The third-order valence-corrected chi connectivity index (χ3v) is 4.17. The van der Waals surface area contributed by atoms with Crippen molar-refractivity contribution in [2.45, 2.75) is 25.4 Å². The molecule has 1 aliphatic heterocycles. The first-order valence-corrected chi connectivity index (χ1v) is 7.19. The predicted octanol–water partition coefficient (Wildman–Crippen LogP) is 3.29. The molecule has 1 fully saturated rings. The molecule has 1 saturated heterocycles. The van der Waals surface area contributed by atoms with Gasteiger partial charge < -0.3 is 5.32 Å². The van der Waals surface area contributed by atoms with E-state index in [1.54, 1.807) is 0 Å². The maximum atomic E-state index is 6.25. The molecule has 0 bridgehead atoms. The van der Waals surface area contributed by atoms with E-state index in [1.807, 2.05) is 13.1 Å². The predicted molar refractivity (Wildman–Crippen MR) is 76.5 cm³/mol. The van der Waals surface area contributed by atoms with Crippen LogP contribution in [0.3, 0.4) is 0 Å². The van der Waals surface area contributed by atoms with E-state index in [0.29, 0.717) is 6.04 Å². The molecular weight excluding hydrogens is 300 g/mol. The fourth-order valence-electron chi connectivity index (χ4n) is 2.33. The van der Waals surface area contributed by atoms with E-state index in [9.17, 15) is 0 Å². The van der Waals surface area contributed by atoms with E-state index in [-0.39, 0.29) is 0 Å². The minimum absolute atomic E-state index is 0.623. The summed E-state index contributed by atoms with van der Waals surface area (Å²) in [5.74, 6) is 0. The lowest BCUT2D eigenvalue weighted by Crippen LogP contribution is -2.43. The highest BCUT2D eigenvalue weighted by molar-refractivity contribution is 9.10. The summed E-state index contributed by atoms with van der Waals surface area (Å²) in [7, 11) is 2.04. The molecule has 1 N–H and O–H groups in total. The van der Waals surface area contributed by atoms with E-state index in [1.165, 1.54) is 24.9 Å². The second kappa shape index (κ2) is 6.19. The van der Waals surface area contributed by atoms with Gasteiger partial charge in [0.15, 0.2) is 0 Å². The number of hydrogen-bond acceptors (Lipinski definition) is 2. The smallest absolute Gasteiger partial charge is 0.0462 e. The number of likely N-dealkylation sites (N-methyl/N-ethyl adjacent to an activating group) is 1. The van der Waals surface area contributed by atoms with Crippen LogP contribution in [0.15, 0.2) is 22.7 Å². The molecule has 2 rings (SSSR count). The highest BCUT2D eigenvalue weighted by Crippen LogP contribution is 2.23. The molecule has 0 spiro atoms. The lowest BCUT2D eigenvalue weighted by molar-refractivity contribution is 0.188. The summed E-state index contributed by atoms with van der Waals surface area (Å²) < 4.78 is 1.04. The van der Waals surface area contributed by atoms with Crippen LogP contribution in [0.2, 0.25) is 5.02 Å². The van der Waals surface area contributed by atoms with Crippen LogP contribution < -0.4 is 5.32 Å². The standard InChI is InChI=1S/C13H18BrClN2/c1-16-12-3-2-6-17(9-12)8-10-4-5-11(14)7-13(10)15/h4-5,7,12,16H,2-3,6,8-9H2,1H3. The monoisotopic (exact) mass is 316 g/mol. The van der Waals surface area contributed by atoms with Gasteiger partial charge in [-0.2, -0.15) is 0 Å². The Kier molecular flexibility index (Phi) is 4.86. The summed E-state index contributed by atoms with van der Waals surface area (Å²) in [5, 5.41) is 4.21.